The van der Waals surface area contributed by atoms with E-state index in [4.69, 9.17) is 16.3 Å². The molecule has 0 fully saturated rings. The largest absolute Gasteiger partial charge is 0.456 e. The van der Waals surface area contributed by atoms with Crippen LogP contribution in [0.1, 0.15) is 17.9 Å². The van der Waals surface area contributed by atoms with E-state index >= 15 is 0 Å². The molecule has 0 aromatic heterocycles. The van der Waals surface area contributed by atoms with Gasteiger partial charge in [-0.15, -0.1) is 0 Å². The smallest absolute Gasteiger partial charge is 0.336 e. The molecule has 2 aromatic carbocycles. The molecule has 2 aliphatic heterocycles. The number of benzene rings is 2. The summed E-state index contributed by atoms with van der Waals surface area (Å²) in [5, 5.41) is 0.185. The first-order valence-electron chi connectivity index (χ1n) is 7.90. The molecule has 2 aromatic rings. The lowest BCUT2D eigenvalue weighted by Gasteiger charge is -2.32. The molecule has 2 aliphatic rings. The van der Waals surface area contributed by atoms with Gasteiger partial charge in [-0.1, -0.05) is 39.7 Å². The minimum absolute atomic E-state index is 0.0327. The Hall–Kier alpha value is -2.18. The molecule has 132 valence electrons. The molecule has 4 rings (SSSR count). The first-order valence-corrected chi connectivity index (χ1v) is 9.07. The molecular weight excluding hydrogens is 425 g/mol. The van der Waals surface area contributed by atoms with Gasteiger partial charge in [0.2, 0.25) is 5.91 Å². The number of carbonyl (C=O) groups is 2. The van der Waals surface area contributed by atoms with Gasteiger partial charge in [-0.05, 0) is 30.3 Å². The summed E-state index contributed by atoms with van der Waals surface area (Å²) in [5.74, 6) is -2.09. The molecular formula is C19H12BrClFNO3. The summed E-state index contributed by atoms with van der Waals surface area (Å²) in [7, 11) is 0. The molecule has 0 saturated carbocycles. The number of esters is 1. The molecule has 1 amide bonds. The predicted molar refractivity (Wildman–Crippen MR) is 98.4 cm³/mol. The Bertz CT molecular complexity index is 955. The molecule has 1 unspecified atom stereocenters. The standard InChI is InChI=1S/C19H12BrClFNO3/c20-10-3-1-4-11(7-10)23-15-9-26-19(25)18(15)12(8-16(23)24)17-13(21)5-2-6-14(17)22/h1-7,12H,8-9H2. The van der Waals surface area contributed by atoms with Crippen LogP contribution in [0.3, 0.4) is 0 Å². The average molecular weight is 437 g/mol. The molecule has 0 radical (unpaired) electrons. The quantitative estimate of drug-likeness (QED) is 0.648. The lowest BCUT2D eigenvalue weighted by atomic mass is 9.83. The van der Waals surface area contributed by atoms with Crippen LogP contribution in [0, 0.1) is 5.82 Å². The van der Waals surface area contributed by atoms with Gasteiger partial charge in [-0.3, -0.25) is 9.69 Å². The van der Waals surface area contributed by atoms with Crippen LogP contribution in [0.25, 0.3) is 0 Å². The fourth-order valence-electron chi connectivity index (χ4n) is 3.46. The number of amides is 1. The number of cyclic esters (lactones) is 1. The van der Waals surface area contributed by atoms with Crippen LogP contribution in [0.5, 0.6) is 0 Å². The number of ether oxygens (including phenoxy) is 1. The van der Waals surface area contributed by atoms with Crippen LogP contribution in [0.2, 0.25) is 5.02 Å². The van der Waals surface area contributed by atoms with Crippen molar-refractivity contribution < 1.29 is 18.7 Å². The highest BCUT2D eigenvalue weighted by Crippen LogP contribution is 2.44. The van der Waals surface area contributed by atoms with E-state index in [9.17, 15) is 14.0 Å². The summed E-state index contributed by atoms with van der Waals surface area (Å²) in [6.45, 7) is -0.0327. The molecule has 7 heteroatoms. The van der Waals surface area contributed by atoms with Crippen molar-refractivity contribution >= 4 is 45.1 Å². The van der Waals surface area contributed by atoms with Gasteiger partial charge >= 0.3 is 5.97 Å². The SMILES string of the molecule is O=C1OCC2=C1C(c1c(F)cccc1Cl)CC(=O)N2c1cccc(Br)c1. The van der Waals surface area contributed by atoms with Gasteiger partial charge in [0.1, 0.15) is 12.4 Å². The molecule has 0 N–H and O–H groups in total. The molecule has 0 spiro atoms. The van der Waals surface area contributed by atoms with E-state index < -0.39 is 17.7 Å². The van der Waals surface area contributed by atoms with E-state index in [1.54, 1.807) is 24.3 Å². The van der Waals surface area contributed by atoms with Gasteiger partial charge < -0.3 is 4.74 Å². The second-order valence-electron chi connectivity index (χ2n) is 6.04. The average Bonchev–Trinajstić information content (AvgIpc) is 2.96. The van der Waals surface area contributed by atoms with E-state index in [1.165, 1.54) is 17.0 Å². The number of anilines is 1. The molecule has 0 aliphatic carbocycles. The number of nitrogens with zero attached hydrogens (tertiary/aromatic N) is 1. The van der Waals surface area contributed by atoms with E-state index in [2.05, 4.69) is 15.9 Å². The zero-order chi connectivity index (χ0) is 18.4. The van der Waals surface area contributed by atoms with E-state index in [0.717, 1.165) is 4.47 Å². The second kappa shape index (κ2) is 6.52. The summed E-state index contributed by atoms with van der Waals surface area (Å²) in [6, 6.07) is 11.5. The third-order valence-corrected chi connectivity index (χ3v) is 5.35. The molecule has 2 heterocycles. The highest BCUT2D eigenvalue weighted by molar-refractivity contribution is 9.10. The monoisotopic (exact) mass is 435 g/mol. The van der Waals surface area contributed by atoms with Gasteiger partial charge in [0.05, 0.1) is 11.3 Å². The third-order valence-electron chi connectivity index (χ3n) is 4.53. The topological polar surface area (TPSA) is 46.6 Å². The van der Waals surface area contributed by atoms with Gasteiger partial charge in [0.25, 0.3) is 0 Å². The maximum Gasteiger partial charge on any atom is 0.336 e. The Morgan fingerprint density at radius 3 is 2.69 bits per heavy atom. The van der Waals surface area contributed by atoms with Gasteiger partial charge in [0, 0.05) is 33.1 Å². The third kappa shape index (κ3) is 2.73. The summed E-state index contributed by atoms with van der Waals surface area (Å²) in [4.78, 5) is 26.7. The number of carbonyl (C=O) groups excluding carboxylic acids is 2. The van der Waals surface area contributed by atoms with Crippen molar-refractivity contribution in [3.63, 3.8) is 0 Å². The highest BCUT2D eigenvalue weighted by Gasteiger charge is 2.44. The summed E-state index contributed by atoms with van der Waals surface area (Å²) in [6.07, 6.45) is -0.0684. The van der Waals surface area contributed by atoms with Crippen molar-refractivity contribution in [3.8, 4) is 0 Å². The van der Waals surface area contributed by atoms with Crippen molar-refractivity contribution in [2.75, 3.05) is 11.5 Å². The second-order valence-corrected chi connectivity index (χ2v) is 7.36. The van der Waals surface area contributed by atoms with Gasteiger partial charge in [0.15, 0.2) is 0 Å². The number of rotatable bonds is 2. The fourth-order valence-corrected chi connectivity index (χ4v) is 4.14. The Labute approximate surface area is 162 Å². The van der Waals surface area contributed by atoms with Crippen LogP contribution in [-0.4, -0.2) is 18.5 Å². The van der Waals surface area contributed by atoms with E-state index in [1.807, 2.05) is 6.07 Å². The van der Waals surface area contributed by atoms with Crippen LogP contribution in [0.15, 0.2) is 58.2 Å². The Morgan fingerprint density at radius 1 is 1.19 bits per heavy atom. The van der Waals surface area contributed by atoms with Crippen LogP contribution in [0.4, 0.5) is 10.1 Å². The maximum absolute atomic E-state index is 14.4. The lowest BCUT2D eigenvalue weighted by Crippen LogP contribution is -2.37. The molecule has 1 atom stereocenters. The summed E-state index contributed by atoms with van der Waals surface area (Å²) >= 11 is 9.56. The first kappa shape index (κ1) is 17.2. The van der Waals surface area contributed by atoms with Crippen LogP contribution >= 0.6 is 27.5 Å². The molecule has 0 bridgehead atoms. The Balaban J connectivity index is 1.89. The highest BCUT2D eigenvalue weighted by atomic mass is 79.9. The minimum atomic E-state index is -0.760. The molecule has 0 saturated heterocycles. The van der Waals surface area contributed by atoms with Crippen molar-refractivity contribution in [2.45, 2.75) is 12.3 Å². The van der Waals surface area contributed by atoms with Gasteiger partial charge in [-0.25, -0.2) is 9.18 Å². The minimum Gasteiger partial charge on any atom is -0.456 e. The Kier molecular flexibility index (Phi) is 4.32. The molecule has 4 nitrogen and oxygen atoms in total. The first-order chi connectivity index (χ1) is 12.5. The van der Waals surface area contributed by atoms with Crippen LogP contribution in [-0.2, 0) is 14.3 Å². The number of hydrogen-bond acceptors (Lipinski definition) is 3. The summed E-state index contributed by atoms with van der Waals surface area (Å²) in [5.41, 5.74) is 1.50. The van der Waals surface area contributed by atoms with Gasteiger partial charge in [-0.2, -0.15) is 0 Å². The Morgan fingerprint density at radius 2 is 1.96 bits per heavy atom. The molecule has 26 heavy (non-hydrogen) atoms. The normalized spacial score (nSPS) is 19.7. The van der Waals surface area contributed by atoms with E-state index in [0.29, 0.717) is 11.4 Å². The number of halogens is 3. The maximum atomic E-state index is 14.4. The van der Waals surface area contributed by atoms with Crippen molar-refractivity contribution in [1.29, 1.82) is 0 Å². The zero-order valence-corrected chi connectivity index (χ0v) is 15.7. The predicted octanol–water partition coefficient (Wildman–Crippen LogP) is 4.57. The fraction of sp³-hybridized carbons (Fsp3) is 0.158. The van der Waals surface area contributed by atoms with Crippen molar-refractivity contribution in [3.05, 3.63) is 74.6 Å². The zero-order valence-electron chi connectivity index (χ0n) is 13.3. The number of hydrogen-bond donors (Lipinski definition) is 0. The van der Waals surface area contributed by atoms with Crippen LogP contribution < -0.4 is 4.90 Å². The van der Waals surface area contributed by atoms with Crippen molar-refractivity contribution in [1.82, 2.24) is 0 Å². The van der Waals surface area contributed by atoms with E-state index in [-0.39, 0.29) is 35.1 Å². The van der Waals surface area contributed by atoms with Crippen molar-refractivity contribution in [2.24, 2.45) is 0 Å². The summed E-state index contributed by atoms with van der Waals surface area (Å²) < 4.78 is 20.4. The lowest BCUT2D eigenvalue weighted by molar-refractivity contribution is -0.136.